The minimum absolute atomic E-state index is 0.0896. The van der Waals surface area contributed by atoms with Gasteiger partial charge in [-0.3, -0.25) is 13.9 Å². The van der Waals surface area contributed by atoms with Crippen molar-refractivity contribution in [2.75, 3.05) is 17.4 Å². The fourth-order valence-corrected chi connectivity index (χ4v) is 5.79. The molecule has 0 spiro atoms. The summed E-state index contributed by atoms with van der Waals surface area (Å²) in [6.45, 7) is 4.82. The molecule has 2 amide bonds. The van der Waals surface area contributed by atoms with Gasteiger partial charge in [-0.1, -0.05) is 59.6 Å². The van der Waals surface area contributed by atoms with Gasteiger partial charge >= 0.3 is 0 Å². The number of sulfonamides is 1. The molecule has 0 aliphatic carbocycles. The largest absolute Gasteiger partial charge is 0.350 e. The molecule has 194 valence electrons. The van der Waals surface area contributed by atoms with Gasteiger partial charge in [0.1, 0.15) is 6.54 Å². The first-order valence-electron chi connectivity index (χ1n) is 12.1. The average Bonchev–Trinajstić information content (AvgIpc) is 3.27. The van der Waals surface area contributed by atoms with Crippen molar-refractivity contribution in [3.8, 4) is 0 Å². The molecule has 7 nitrogen and oxygen atoms in total. The van der Waals surface area contributed by atoms with Crippen molar-refractivity contribution in [3.63, 3.8) is 0 Å². The molecule has 0 bridgehead atoms. The summed E-state index contributed by atoms with van der Waals surface area (Å²) in [4.78, 5) is 26.9. The van der Waals surface area contributed by atoms with Crippen molar-refractivity contribution in [1.29, 1.82) is 0 Å². The highest BCUT2D eigenvalue weighted by molar-refractivity contribution is 7.92. The van der Waals surface area contributed by atoms with Gasteiger partial charge in [-0.05, 0) is 61.2 Å². The van der Waals surface area contributed by atoms with Crippen molar-refractivity contribution in [2.45, 2.75) is 44.7 Å². The maximum atomic E-state index is 13.6. The molecule has 3 aromatic carbocycles. The number of hydrogen-bond donors (Lipinski definition) is 1. The number of likely N-dealkylation sites (tertiary alicyclic amines) is 1. The number of nitrogens with zero attached hydrogens (tertiary/aromatic N) is 2. The third-order valence-electron chi connectivity index (χ3n) is 6.37. The van der Waals surface area contributed by atoms with E-state index in [9.17, 15) is 18.0 Å². The Morgan fingerprint density at radius 3 is 2.43 bits per heavy atom. The van der Waals surface area contributed by atoms with Crippen LogP contribution < -0.4 is 9.62 Å². The molecule has 1 aliphatic rings. The van der Waals surface area contributed by atoms with Gasteiger partial charge in [0, 0.05) is 31.1 Å². The van der Waals surface area contributed by atoms with Crippen molar-refractivity contribution in [3.05, 3.63) is 94.0 Å². The van der Waals surface area contributed by atoms with Crippen LogP contribution in [0.1, 0.15) is 35.1 Å². The molecular weight excluding hydrogens is 510 g/mol. The zero-order chi connectivity index (χ0) is 26.6. The summed E-state index contributed by atoms with van der Waals surface area (Å²) >= 11 is 6.29. The van der Waals surface area contributed by atoms with Gasteiger partial charge in [-0.25, -0.2) is 8.42 Å². The highest BCUT2D eigenvalue weighted by Crippen LogP contribution is 2.28. The number of aryl methyl sites for hydroxylation is 2. The molecule has 0 aromatic heterocycles. The number of rotatable bonds is 9. The van der Waals surface area contributed by atoms with Gasteiger partial charge < -0.3 is 10.2 Å². The summed E-state index contributed by atoms with van der Waals surface area (Å²) in [6.07, 6.45) is 1.46. The molecule has 1 aliphatic heterocycles. The second-order valence-corrected chi connectivity index (χ2v) is 11.5. The molecule has 1 saturated heterocycles. The highest BCUT2D eigenvalue weighted by atomic mass is 35.5. The Hall–Kier alpha value is -3.36. The fraction of sp³-hybridized carbons (Fsp3) is 0.286. The van der Waals surface area contributed by atoms with Gasteiger partial charge in [0.2, 0.25) is 11.8 Å². The van der Waals surface area contributed by atoms with Crippen LogP contribution in [0.25, 0.3) is 0 Å². The third-order valence-corrected chi connectivity index (χ3v) is 8.56. The molecule has 4 rings (SSSR count). The van der Waals surface area contributed by atoms with E-state index in [0.717, 1.165) is 39.5 Å². The number of carbonyl (C=O) groups excluding carboxylic acids is 2. The van der Waals surface area contributed by atoms with Crippen LogP contribution in [0.5, 0.6) is 0 Å². The van der Waals surface area contributed by atoms with E-state index >= 15 is 0 Å². The second kappa shape index (κ2) is 11.4. The molecule has 3 aromatic rings. The fourth-order valence-electron chi connectivity index (χ4n) is 4.21. The number of benzene rings is 3. The van der Waals surface area contributed by atoms with Crippen LogP contribution >= 0.6 is 11.6 Å². The van der Waals surface area contributed by atoms with Gasteiger partial charge in [-0.2, -0.15) is 0 Å². The summed E-state index contributed by atoms with van der Waals surface area (Å²) < 4.78 is 28.2. The molecular formula is C28H30ClN3O4S. The lowest BCUT2D eigenvalue weighted by Gasteiger charge is -2.24. The number of halogens is 1. The molecule has 1 heterocycles. The zero-order valence-corrected chi connectivity index (χ0v) is 22.5. The predicted octanol–water partition coefficient (Wildman–Crippen LogP) is 4.59. The van der Waals surface area contributed by atoms with E-state index in [2.05, 4.69) is 5.32 Å². The lowest BCUT2D eigenvalue weighted by molar-refractivity contribution is -0.128. The Morgan fingerprint density at radius 1 is 1.03 bits per heavy atom. The van der Waals surface area contributed by atoms with E-state index < -0.39 is 22.5 Å². The molecule has 1 fully saturated rings. The maximum Gasteiger partial charge on any atom is 0.264 e. The monoisotopic (exact) mass is 539 g/mol. The van der Waals surface area contributed by atoms with E-state index in [0.29, 0.717) is 23.7 Å². The molecule has 0 atom stereocenters. The third kappa shape index (κ3) is 6.50. The van der Waals surface area contributed by atoms with Crippen LogP contribution in [0.3, 0.4) is 0 Å². The highest BCUT2D eigenvalue weighted by Gasteiger charge is 2.27. The molecule has 9 heteroatoms. The van der Waals surface area contributed by atoms with Crippen molar-refractivity contribution in [1.82, 2.24) is 10.2 Å². The Balaban J connectivity index is 1.50. The summed E-state index contributed by atoms with van der Waals surface area (Å²) in [5, 5.41) is 3.24. The normalized spacial score (nSPS) is 13.6. The lowest BCUT2D eigenvalue weighted by atomic mass is 10.1. The standard InChI is InChI=1S/C28H30ClN3O4S/c1-20-8-12-25(13-9-20)37(35,36)32(24-11-10-21(2)26(29)16-24)19-27(33)30-17-22-5-3-6-23(15-22)18-31-14-4-7-28(31)34/h3,5-6,8-13,15-16H,4,7,14,17-19H2,1-2H3,(H,30,33). The van der Waals surface area contributed by atoms with Crippen LogP contribution in [0.4, 0.5) is 5.69 Å². The first-order valence-corrected chi connectivity index (χ1v) is 13.9. The number of carbonyl (C=O) groups is 2. The molecule has 1 N–H and O–H groups in total. The van der Waals surface area contributed by atoms with Crippen molar-refractivity contribution < 1.29 is 18.0 Å². The van der Waals surface area contributed by atoms with Gasteiger partial charge in [0.15, 0.2) is 0 Å². The minimum Gasteiger partial charge on any atom is -0.350 e. The Bertz CT molecular complexity index is 1410. The number of hydrogen-bond acceptors (Lipinski definition) is 4. The lowest BCUT2D eigenvalue weighted by Crippen LogP contribution is -2.40. The Kier molecular flexibility index (Phi) is 8.19. The van der Waals surface area contributed by atoms with Gasteiger partial charge in [0.05, 0.1) is 10.6 Å². The Labute approximate surface area is 223 Å². The van der Waals surface area contributed by atoms with Gasteiger partial charge in [-0.15, -0.1) is 0 Å². The zero-order valence-electron chi connectivity index (χ0n) is 20.9. The summed E-state index contributed by atoms with van der Waals surface area (Å²) in [5.74, 6) is -0.294. The second-order valence-electron chi connectivity index (χ2n) is 9.27. The van der Waals surface area contributed by atoms with E-state index in [1.165, 1.54) is 12.1 Å². The van der Waals surface area contributed by atoms with Crippen LogP contribution in [0.15, 0.2) is 71.6 Å². The summed E-state index contributed by atoms with van der Waals surface area (Å²) in [6, 6.07) is 19.1. The number of amides is 2. The topological polar surface area (TPSA) is 86.8 Å². The van der Waals surface area contributed by atoms with Crippen molar-refractivity contribution >= 4 is 39.1 Å². The number of anilines is 1. The average molecular weight is 540 g/mol. The quantitative estimate of drug-likeness (QED) is 0.431. The smallest absolute Gasteiger partial charge is 0.264 e. The van der Waals surface area contributed by atoms with Crippen LogP contribution in [-0.2, 0) is 32.7 Å². The Morgan fingerprint density at radius 2 is 1.76 bits per heavy atom. The first kappa shape index (κ1) is 26.7. The molecule has 37 heavy (non-hydrogen) atoms. The number of nitrogens with one attached hydrogen (secondary N) is 1. The predicted molar refractivity (Wildman–Crippen MR) is 145 cm³/mol. The first-order chi connectivity index (χ1) is 17.6. The van der Waals surface area contributed by atoms with E-state index in [-0.39, 0.29) is 17.3 Å². The minimum atomic E-state index is -4.03. The van der Waals surface area contributed by atoms with E-state index in [1.807, 2.05) is 43.0 Å². The van der Waals surface area contributed by atoms with Crippen molar-refractivity contribution in [2.24, 2.45) is 0 Å². The van der Waals surface area contributed by atoms with E-state index in [4.69, 9.17) is 11.6 Å². The van der Waals surface area contributed by atoms with Crippen LogP contribution in [0.2, 0.25) is 5.02 Å². The molecule has 0 unspecified atom stereocenters. The van der Waals surface area contributed by atoms with Crippen LogP contribution in [-0.4, -0.2) is 38.2 Å². The summed E-state index contributed by atoms with van der Waals surface area (Å²) in [5.41, 5.74) is 3.89. The molecule has 0 saturated carbocycles. The SMILES string of the molecule is Cc1ccc(S(=O)(=O)N(CC(=O)NCc2cccc(CN3CCCC3=O)c2)c2ccc(C)c(Cl)c2)cc1. The van der Waals surface area contributed by atoms with E-state index in [1.54, 1.807) is 30.3 Å². The summed E-state index contributed by atoms with van der Waals surface area (Å²) in [7, 11) is -4.03. The van der Waals surface area contributed by atoms with Gasteiger partial charge in [0.25, 0.3) is 10.0 Å². The maximum absolute atomic E-state index is 13.6. The van der Waals surface area contributed by atoms with Crippen LogP contribution in [0, 0.1) is 13.8 Å². The molecule has 0 radical (unpaired) electrons.